The number of aliphatic carboxylic acids is 1. The molecule has 0 aliphatic carbocycles. The lowest BCUT2D eigenvalue weighted by atomic mass is 10.1. The van der Waals surface area contributed by atoms with Crippen LogP contribution in [-0.4, -0.2) is 41.1 Å². The van der Waals surface area contributed by atoms with Gasteiger partial charge >= 0.3 is 11.9 Å². The van der Waals surface area contributed by atoms with Crippen LogP contribution in [0.3, 0.4) is 0 Å². The van der Waals surface area contributed by atoms with Crippen molar-refractivity contribution in [1.29, 1.82) is 0 Å². The summed E-state index contributed by atoms with van der Waals surface area (Å²) in [4.78, 5) is 37.8. The predicted molar refractivity (Wildman–Crippen MR) is 76.7 cm³/mol. The molecule has 114 valence electrons. The summed E-state index contributed by atoms with van der Waals surface area (Å²) in [5.74, 6) is -2.29. The molecule has 8 heteroatoms. The summed E-state index contributed by atoms with van der Waals surface area (Å²) in [6, 6.07) is -1.14. The third-order valence-electron chi connectivity index (χ3n) is 2.52. The number of amides is 1. The molecule has 7 nitrogen and oxygen atoms in total. The molecule has 0 aliphatic rings. The number of esters is 1. The fourth-order valence-corrected chi connectivity index (χ4v) is 2.04. The van der Waals surface area contributed by atoms with Gasteiger partial charge in [0.05, 0.1) is 17.8 Å². The van der Waals surface area contributed by atoms with E-state index in [0.29, 0.717) is 5.69 Å². The fourth-order valence-electron chi connectivity index (χ4n) is 1.46. The van der Waals surface area contributed by atoms with Gasteiger partial charge in [-0.25, -0.2) is 9.78 Å². The summed E-state index contributed by atoms with van der Waals surface area (Å²) in [6.45, 7) is 1.84. The molecular formula is C13H16N2O5S. The second-order valence-electron chi connectivity index (χ2n) is 4.14. The van der Waals surface area contributed by atoms with Crippen LogP contribution >= 0.6 is 11.3 Å². The van der Waals surface area contributed by atoms with Crippen LogP contribution in [0.1, 0.15) is 23.5 Å². The Balaban J connectivity index is 2.54. The number of carboxylic acid groups (broad SMARTS) is 1. The molecule has 0 fully saturated rings. The van der Waals surface area contributed by atoms with Crippen LogP contribution < -0.4 is 5.32 Å². The Hall–Kier alpha value is -2.22. The van der Waals surface area contributed by atoms with Crippen molar-refractivity contribution in [2.75, 3.05) is 7.11 Å². The van der Waals surface area contributed by atoms with Crippen LogP contribution in [0.15, 0.2) is 11.5 Å². The largest absolute Gasteiger partial charge is 0.480 e. The van der Waals surface area contributed by atoms with Gasteiger partial charge in [-0.05, 0) is 19.4 Å². The lowest BCUT2D eigenvalue weighted by Gasteiger charge is -2.12. The first kappa shape index (κ1) is 16.8. The van der Waals surface area contributed by atoms with E-state index in [1.807, 2.05) is 6.92 Å². The molecule has 0 saturated heterocycles. The van der Waals surface area contributed by atoms with E-state index in [2.05, 4.69) is 15.0 Å². The number of hydrogen-bond acceptors (Lipinski definition) is 6. The monoisotopic (exact) mass is 312 g/mol. The van der Waals surface area contributed by atoms with E-state index in [4.69, 9.17) is 5.11 Å². The zero-order chi connectivity index (χ0) is 15.8. The second kappa shape index (κ2) is 8.15. The number of hydrogen-bond donors (Lipinski definition) is 2. The van der Waals surface area contributed by atoms with Crippen LogP contribution in [0.25, 0.3) is 6.08 Å². The van der Waals surface area contributed by atoms with Crippen molar-refractivity contribution < 1.29 is 24.2 Å². The Labute approximate surface area is 125 Å². The number of nitrogens with one attached hydrogen (secondary N) is 1. The standard InChI is InChI=1S/C13H16N2O5S/c1-8-14-9(7-21-8)3-5-11(16)15-10(13(18)19)4-6-12(17)20-2/h3,5,7,10H,4,6H2,1-2H3,(H,15,16)(H,18,19)/b5-3+/t10-/m0/s1. The Morgan fingerprint density at radius 2 is 2.24 bits per heavy atom. The van der Waals surface area contributed by atoms with Gasteiger partial charge in [-0.15, -0.1) is 11.3 Å². The number of carbonyl (C=O) groups is 3. The molecule has 2 N–H and O–H groups in total. The number of rotatable bonds is 7. The Bertz CT molecular complexity index is 553. The molecule has 1 amide bonds. The number of ether oxygens (including phenoxy) is 1. The maximum Gasteiger partial charge on any atom is 0.326 e. The average Bonchev–Trinajstić information content (AvgIpc) is 2.86. The van der Waals surface area contributed by atoms with E-state index in [-0.39, 0.29) is 12.8 Å². The molecule has 0 radical (unpaired) electrons. The minimum absolute atomic E-state index is 0.0304. The number of aryl methyl sites for hydroxylation is 1. The van der Waals surface area contributed by atoms with E-state index >= 15 is 0 Å². The third kappa shape index (κ3) is 6.17. The predicted octanol–water partition coefficient (Wildman–Crippen LogP) is 0.987. The first-order valence-electron chi connectivity index (χ1n) is 6.12. The molecule has 1 heterocycles. The Morgan fingerprint density at radius 3 is 2.76 bits per heavy atom. The number of aromatic nitrogens is 1. The minimum atomic E-state index is -1.20. The van der Waals surface area contributed by atoms with Gasteiger partial charge in [0.1, 0.15) is 6.04 Å². The maximum absolute atomic E-state index is 11.7. The van der Waals surface area contributed by atoms with Crippen LogP contribution in [0, 0.1) is 6.92 Å². The van der Waals surface area contributed by atoms with E-state index < -0.39 is 23.9 Å². The highest BCUT2D eigenvalue weighted by molar-refractivity contribution is 7.09. The normalized spacial score (nSPS) is 12.1. The third-order valence-corrected chi connectivity index (χ3v) is 3.31. The summed E-state index contributed by atoms with van der Waals surface area (Å²) in [6.07, 6.45) is 2.60. The van der Waals surface area contributed by atoms with Gasteiger partial charge in [0.25, 0.3) is 0 Å². The van der Waals surface area contributed by atoms with Gasteiger partial charge in [0.2, 0.25) is 5.91 Å². The lowest BCUT2D eigenvalue weighted by molar-refractivity contribution is -0.143. The number of carboxylic acids is 1. The summed E-state index contributed by atoms with van der Waals surface area (Å²) in [5, 5.41) is 14.0. The topological polar surface area (TPSA) is 106 Å². The van der Waals surface area contributed by atoms with Gasteiger partial charge in [0.15, 0.2) is 0 Å². The Kier molecular flexibility index (Phi) is 6.54. The van der Waals surface area contributed by atoms with Crippen molar-refractivity contribution in [1.82, 2.24) is 10.3 Å². The van der Waals surface area contributed by atoms with Crippen molar-refractivity contribution in [3.05, 3.63) is 22.2 Å². The zero-order valence-electron chi connectivity index (χ0n) is 11.7. The van der Waals surface area contributed by atoms with Crippen molar-refractivity contribution in [3.8, 4) is 0 Å². The van der Waals surface area contributed by atoms with Crippen molar-refractivity contribution in [2.24, 2.45) is 0 Å². The van der Waals surface area contributed by atoms with Gasteiger partial charge in [-0.2, -0.15) is 0 Å². The molecule has 1 atom stereocenters. The van der Waals surface area contributed by atoms with Crippen molar-refractivity contribution in [3.63, 3.8) is 0 Å². The lowest BCUT2D eigenvalue weighted by Crippen LogP contribution is -2.40. The molecule has 1 aromatic rings. The van der Waals surface area contributed by atoms with Crippen LogP contribution in [0.2, 0.25) is 0 Å². The smallest absolute Gasteiger partial charge is 0.326 e. The van der Waals surface area contributed by atoms with Crippen LogP contribution in [-0.2, 0) is 19.1 Å². The minimum Gasteiger partial charge on any atom is -0.480 e. The second-order valence-corrected chi connectivity index (χ2v) is 5.20. The SMILES string of the molecule is COC(=O)CC[C@H](NC(=O)/C=C/c1csc(C)n1)C(=O)O. The number of nitrogens with zero attached hydrogens (tertiary/aromatic N) is 1. The van der Waals surface area contributed by atoms with E-state index in [9.17, 15) is 14.4 Å². The quantitative estimate of drug-likeness (QED) is 0.574. The highest BCUT2D eigenvalue weighted by Crippen LogP contribution is 2.09. The number of thiazole rings is 1. The highest BCUT2D eigenvalue weighted by atomic mass is 32.1. The van der Waals surface area contributed by atoms with Gasteiger partial charge in [-0.3, -0.25) is 9.59 Å². The molecule has 0 aromatic carbocycles. The van der Waals surface area contributed by atoms with Crippen molar-refractivity contribution >= 4 is 35.3 Å². The molecule has 0 aliphatic heterocycles. The zero-order valence-corrected chi connectivity index (χ0v) is 12.5. The first-order chi connectivity index (χ1) is 9.92. The van der Waals surface area contributed by atoms with E-state index in [1.54, 1.807) is 5.38 Å². The summed E-state index contributed by atoms with van der Waals surface area (Å²) >= 11 is 1.45. The molecular weight excluding hydrogens is 296 g/mol. The van der Waals surface area contributed by atoms with Gasteiger partial charge < -0.3 is 15.2 Å². The molecule has 0 unspecified atom stereocenters. The van der Waals surface area contributed by atoms with E-state index in [0.717, 1.165) is 5.01 Å². The molecule has 0 bridgehead atoms. The molecule has 1 rings (SSSR count). The summed E-state index contributed by atoms with van der Waals surface area (Å²) in [5.41, 5.74) is 0.633. The summed E-state index contributed by atoms with van der Waals surface area (Å²) < 4.78 is 4.43. The average molecular weight is 312 g/mol. The van der Waals surface area contributed by atoms with Crippen LogP contribution in [0.5, 0.6) is 0 Å². The highest BCUT2D eigenvalue weighted by Gasteiger charge is 2.20. The fraction of sp³-hybridized carbons (Fsp3) is 0.385. The maximum atomic E-state index is 11.7. The first-order valence-corrected chi connectivity index (χ1v) is 7.00. The number of methoxy groups -OCH3 is 1. The van der Waals surface area contributed by atoms with Gasteiger partial charge in [-0.1, -0.05) is 0 Å². The van der Waals surface area contributed by atoms with Crippen molar-refractivity contribution in [2.45, 2.75) is 25.8 Å². The van der Waals surface area contributed by atoms with Gasteiger partial charge in [0, 0.05) is 17.9 Å². The molecule has 1 aromatic heterocycles. The summed E-state index contributed by atoms with van der Waals surface area (Å²) in [7, 11) is 1.22. The molecule has 0 saturated carbocycles. The van der Waals surface area contributed by atoms with E-state index in [1.165, 1.54) is 30.6 Å². The number of carbonyl (C=O) groups excluding carboxylic acids is 2. The molecule has 21 heavy (non-hydrogen) atoms. The van der Waals surface area contributed by atoms with Crippen LogP contribution in [0.4, 0.5) is 0 Å². The molecule has 0 spiro atoms. The Morgan fingerprint density at radius 1 is 1.52 bits per heavy atom.